The molecule has 1 saturated heterocycles. The van der Waals surface area contributed by atoms with Gasteiger partial charge < -0.3 is 20.9 Å². The molecule has 2 aromatic carbocycles. The Labute approximate surface area is 196 Å². The van der Waals surface area contributed by atoms with E-state index in [4.69, 9.17) is 17.3 Å². The summed E-state index contributed by atoms with van der Waals surface area (Å²) in [4.78, 5) is 41.2. The summed E-state index contributed by atoms with van der Waals surface area (Å²) in [6, 6.07) is 15.1. The Morgan fingerprint density at radius 3 is 2.30 bits per heavy atom. The van der Waals surface area contributed by atoms with E-state index in [1.807, 2.05) is 30.3 Å². The molecule has 2 aliphatic heterocycles. The molecule has 0 spiro atoms. The summed E-state index contributed by atoms with van der Waals surface area (Å²) in [6.45, 7) is 1.78. The van der Waals surface area contributed by atoms with E-state index in [-0.39, 0.29) is 18.4 Å². The predicted octanol–water partition coefficient (Wildman–Crippen LogP) is 2.53. The van der Waals surface area contributed by atoms with Crippen LogP contribution in [0.5, 0.6) is 0 Å². The molecule has 0 saturated carbocycles. The lowest BCUT2D eigenvalue weighted by atomic mass is 10.1. The van der Waals surface area contributed by atoms with Gasteiger partial charge in [-0.3, -0.25) is 14.6 Å². The van der Waals surface area contributed by atoms with Gasteiger partial charge in [0.05, 0.1) is 5.69 Å². The molecule has 2 aromatic rings. The molecule has 172 valence electrons. The van der Waals surface area contributed by atoms with Crippen molar-refractivity contribution in [2.24, 2.45) is 10.8 Å². The average Bonchev–Trinajstić information content (AvgIpc) is 3.12. The smallest absolute Gasteiger partial charge is 0.321 e. The van der Waals surface area contributed by atoms with Gasteiger partial charge in [0.15, 0.2) is 0 Å². The van der Waals surface area contributed by atoms with Crippen molar-refractivity contribution in [3.8, 4) is 0 Å². The number of rotatable bonds is 4. The lowest BCUT2D eigenvalue weighted by molar-refractivity contribution is -0.124. The van der Waals surface area contributed by atoms with Crippen LogP contribution in [0.2, 0.25) is 5.02 Å². The second-order valence-corrected chi connectivity index (χ2v) is 8.36. The number of anilines is 2. The third-order valence-corrected chi connectivity index (χ3v) is 5.92. The molecule has 3 N–H and O–H groups in total. The van der Waals surface area contributed by atoms with Crippen molar-refractivity contribution < 1.29 is 14.4 Å². The van der Waals surface area contributed by atoms with Crippen molar-refractivity contribution >= 4 is 46.5 Å². The highest BCUT2D eigenvalue weighted by Crippen LogP contribution is 2.25. The first-order chi connectivity index (χ1) is 15.9. The van der Waals surface area contributed by atoms with Crippen LogP contribution < -0.4 is 16.1 Å². The fraction of sp³-hybridized carbons (Fsp3) is 0.304. The number of nitrogens with two attached hydrogens (primary N) is 1. The van der Waals surface area contributed by atoms with E-state index >= 15 is 0 Å². The van der Waals surface area contributed by atoms with Gasteiger partial charge in [0.1, 0.15) is 11.8 Å². The molecule has 10 heteroatoms. The molecule has 1 atom stereocenters. The molecule has 4 rings (SSSR count). The van der Waals surface area contributed by atoms with Crippen molar-refractivity contribution in [2.45, 2.75) is 18.9 Å². The molecule has 1 unspecified atom stereocenters. The van der Waals surface area contributed by atoms with Gasteiger partial charge in [0.2, 0.25) is 5.91 Å². The maximum absolute atomic E-state index is 13.2. The first kappa shape index (κ1) is 22.6. The van der Waals surface area contributed by atoms with E-state index in [1.54, 1.807) is 34.1 Å². The summed E-state index contributed by atoms with van der Waals surface area (Å²) in [6.07, 6.45) is 0.787. The van der Waals surface area contributed by atoms with Crippen LogP contribution in [0.3, 0.4) is 0 Å². The molecule has 33 heavy (non-hydrogen) atoms. The number of amides is 4. The van der Waals surface area contributed by atoms with Gasteiger partial charge in [-0.2, -0.15) is 5.10 Å². The van der Waals surface area contributed by atoms with Gasteiger partial charge in [-0.05, 0) is 42.8 Å². The number of hydrogen-bond donors (Lipinski definition) is 2. The number of carbonyl (C=O) groups is 3. The van der Waals surface area contributed by atoms with Gasteiger partial charge in [-0.1, -0.05) is 29.8 Å². The Balaban J connectivity index is 1.40. The van der Waals surface area contributed by atoms with Gasteiger partial charge in [-0.15, -0.1) is 0 Å². The summed E-state index contributed by atoms with van der Waals surface area (Å²) in [7, 11) is 0. The quantitative estimate of drug-likeness (QED) is 0.718. The molecule has 2 aliphatic rings. The highest BCUT2D eigenvalue weighted by molar-refractivity contribution is 6.40. The van der Waals surface area contributed by atoms with Crippen molar-refractivity contribution in [1.82, 2.24) is 9.80 Å². The van der Waals surface area contributed by atoms with Gasteiger partial charge >= 0.3 is 6.03 Å². The van der Waals surface area contributed by atoms with E-state index in [0.717, 1.165) is 0 Å². The number of halogens is 1. The number of urea groups is 1. The van der Waals surface area contributed by atoms with E-state index in [0.29, 0.717) is 54.7 Å². The lowest BCUT2D eigenvalue weighted by Gasteiger charge is -2.22. The van der Waals surface area contributed by atoms with Crippen LogP contribution in [-0.2, 0) is 9.59 Å². The first-order valence-corrected chi connectivity index (χ1v) is 11.1. The van der Waals surface area contributed by atoms with Crippen LogP contribution in [0.4, 0.5) is 16.2 Å². The zero-order valence-electron chi connectivity index (χ0n) is 18.0. The third kappa shape index (κ3) is 5.25. The zero-order valence-corrected chi connectivity index (χ0v) is 18.7. The van der Waals surface area contributed by atoms with Crippen molar-refractivity contribution in [1.29, 1.82) is 0 Å². The van der Waals surface area contributed by atoms with E-state index in [2.05, 4.69) is 10.4 Å². The van der Waals surface area contributed by atoms with Crippen molar-refractivity contribution in [2.75, 3.05) is 36.5 Å². The normalized spacial score (nSPS) is 18.5. The minimum absolute atomic E-state index is 0.153. The van der Waals surface area contributed by atoms with E-state index in [1.165, 1.54) is 5.01 Å². The van der Waals surface area contributed by atoms with Gasteiger partial charge in [0, 0.05) is 43.3 Å². The fourth-order valence-electron chi connectivity index (χ4n) is 3.92. The third-order valence-electron chi connectivity index (χ3n) is 5.67. The summed E-state index contributed by atoms with van der Waals surface area (Å²) < 4.78 is 0. The number of hydrogen-bond acceptors (Lipinski definition) is 5. The predicted molar refractivity (Wildman–Crippen MR) is 127 cm³/mol. The van der Waals surface area contributed by atoms with Gasteiger partial charge in [-0.25, -0.2) is 4.79 Å². The number of para-hydroxylation sites is 1. The Bertz CT molecular complexity index is 1060. The molecular weight excluding hydrogens is 444 g/mol. The van der Waals surface area contributed by atoms with E-state index in [9.17, 15) is 14.4 Å². The SMILES string of the molecule is NC(=O)C1CC(C(=O)N2CCCN(C(=O)Nc3ccc(Cl)cc3)CC2)=NN1c1ccccc1. The monoisotopic (exact) mass is 468 g/mol. The van der Waals surface area contributed by atoms with Crippen LogP contribution in [0.1, 0.15) is 12.8 Å². The molecule has 9 nitrogen and oxygen atoms in total. The number of nitrogens with zero attached hydrogens (tertiary/aromatic N) is 4. The molecule has 0 radical (unpaired) electrons. The second-order valence-electron chi connectivity index (χ2n) is 7.92. The van der Waals surface area contributed by atoms with Crippen LogP contribution in [0.15, 0.2) is 59.7 Å². The van der Waals surface area contributed by atoms with Crippen molar-refractivity contribution in [3.63, 3.8) is 0 Å². The lowest BCUT2D eigenvalue weighted by Crippen LogP contribution is -2.42. The van der Waals surface area contributed by atoms with Gasteiger partial charge in [0.25, 0.3) is 5.91 Å². The molecule has 0 bridgehead atoms. The minimum Gasteiger partial charge on any atom is -0.368 e. The number of primary amides is 1. The summed E-state index contributed by atoms with van der Waals surface area (Å²) in [5.74, 6) is -0.772. The molecule has 0 aromatic heterocycles. The van der Waals surface area contributed by atoms with E-state index < -0.39 is 11.9 Å². The summed E-state index contributed by atoms with van der Waals surface area (Å²) in [5.41, 5.74) is 7.22. The maximum atomic E-state index is 13.2. The Morgan fingerprint density at radius 2 is 1.61 bits per heavy atom. The van der Waals surface area contributed by atoms with Crippen molar-refractivity contribution in [3.05, 3.63) is 59.6 Å². The molecular formula is C23H25ClN6O3. The first-order valence-electron chi connectivity index (χ1n) is 10.7. The zero-order chi connectivity index (χ0) is 23.4. The van der Waals surface area contributed by atoms with Crippen LogP contribution >= 0.6 is 11.6 Å². The Hall–Kier alpha value is -3.59. The van der Waals surface area contributed by atoms with Crippen LogP contribution in [0, 0.1) is 0 Å². The molecule has 2 heterocycles. The minimum atomic E-state index is -0.708. The Kier molecular flexibility index (Phi) is 6.79. The molecule has 1 fully saturated rings. The maximum Gasteiger partial charge on any atom is 0.321 e. The fourth-order valence-corrected chi connectivity index (χ4v) is 4.05. The largest absolute Gasteiger partial charge is 0.368 e. The number of carbonyl (C=O) groups excluding carboxylic acids is 3. The summed E-state index contributed by atoms with van der Waals surface area (Å²) in [5, 5.41) is 9.40. The number of nitrogens with one attached hydrogen (secondary N) is 1. The number of hydrazone groups is 1. The number of benzene rings is 2. The van der Waals surface area contributed by atoms with Crippen LogP contribution in [0.25, 0.3) is 0 Å². The Morgan fingerprint density at radius 1 is 0.939 bits per heavy atom. The molecule has 4 amide bonds. The highest BCUT2D eigenvalue weighted by atomic mass is 35.5. The molecule has 0 aliphatic carbocycles. The highest BCUT2D eigenvalue weighted by Gasteiger charge is 2.37. The second kappa shape index (κ2) is 9.91. The van der Waals surface area contributed by atoms with Crippen LogP contribution in [-0.4, -0.2) is 65.6 Å². The average molecular weight is 469 g/mol. The topological polar surface area (TPSA) is 111 Å². The standard InChI is InChI=1S/C23H25ClN6O3/c24-16-7-9-17(10-8-16)26-23(33)29-12-4-11-28(13-14-29)22(32)19-15-20(21(25)31)30(27-19)18-5-2-1-3-6-18/h1-3,5-10,20H,4,11-15H2,(H2,25,31)(H,26,33). The summed E-state index contributed by atoms with van der Waals surface area (Å²) >= 11 is 5.89.